The Bertz CT molecular complexity index is 1130. The number of ether oxygens (including phenoxy) is 1. The third kappa shape index (κ3) is 4.23. The van der Waals surface area contributed by atoms with Crippen LogP contribution in [0.3, 0.4) is 0 Å². The molecule has 1 aromatic heterocycles. The number of aromatic nitrogens is 4. The minimum Gasteiger partial charge on any atom is -0.507 e. The van der Waals surface area contributed by atoms with Crippen molar-refractivity contribution >= 4 is 21.5 Å². The van der Waals surface area contributed by atoms with Crippen LogP contribution in [0.25, 0.3) is 0 Å². The van der Waals surface area contributed by atoms with Gasteiger partial charge in [0, 0.05) is 11.8 Å². The predicted octanol–water partition coefficient (Wildman–Crippen LogP) is 3.63. The zero-order valence-electron chi connectivity index (χ0n) is 16.7. The molecule has 2 aromatic carbocycles. The highest BCUT2D eigenvalue weighted by Gasteiger charge is 2.28. The number of nitrogens with zero attached hydrogens (tertiary/aromatic N) is 3. The maximum atomic E-state index is 12.7. The van der Waals surface area contributed by atoms with Crippen LogP contribution in [0.15, 0.2) is 35.2 Å². The number of tetrazole rings is 1. The first-order chi connectivity index (χ1) is 14.3. The van der Waals surface area contributed by atoms with Crippen LogP contribution in [0.2, 0.25) is 0 Å². The van der Waals surface area contributed by atoms with E-state index in [1.807, 2.05) is 26.0 Å². The van der Waals surface area contributed by atoms with E-state index in [2.05, 4.69) is 25.9 Å². The molecule has 0 aliphatic heterocycles. The molecule has 0 unspecified atom stereocenters. The minimum atomic E-state index is -3.58. The molecule has 1 aliphatic carbocycles. The lowest BCUT2D eigenvalue weighted by molar-refractivity contribution is 0.346. The van der Waals surface area contributed by atoms with Gasteiger partial charge in [0.15, 0.2) is 9.84 Å². The van der Waals surface area contributed by atoms with Crippen molar-refractivity contribution in [3.63, 3.8) is 0 Å². The normalized spacial score (nSPS) is 14.3. The van der Waals surface area contributed by atoms with E-state index >= 15 is 0 Å². The van der Waals surface area contributed by atoms with Crippen LogP contribution in [-0.2, 0) is 9.84 Å². The van der Waals surface area contributed by atoms with Gasteiger partial charge in [-0.2, -0.15) is 5.21 Å². The highest BCUT2D eigenvalue weighted by Crippen LogP contribution is 2.37. The van der Waals surface area contributed by atoms with Crippen molar-refractivity contribution in [3.8, 4) is 17.2 Å². The van der Waals surface area contributed by atoms with Gasteiger partial charge in [0.25, 0.3) is 5.95 Å². The highest BCUT2D eigenvalue weighted by molar-refractivity contribution is 7.91. The van der Waals surface area contributed by atoms with Gasteiger partial charge in [-0.15, -0.1) is 5.10 Å². The topological polar surface area (TPSA) is 130 Å². The van der Waals surface area contributed by atoms with Gasteiger partial charge in [-0.25, -0.2) is 8.42 Å². The fraction of sp³-hybridized carbons (Fsp3) is 0.350. The number of sulfone groups is 1. The molecule has 1 aliphatic rings. The highest BCUT2D eigenvalue weighted by atomic mass is 32.2. The maximum absolute atomic E-state index is 12.7. The molecule has 158 valence electrons. The molecule has 1 saturated carbocycles. The Morgan fingerprint density at radius 3 is 2.53 bits per heavy atom. The second-order valence-electron chi connectivity index (χ2n) is 7.61. The van der Waals surface area contributed by atoms with E-state index in [9.17, 15) is 13.5 Å². The standard InChI is InChI=1S/C20H23N5O4S/c1-12-8-15(21-20-22-24-25-23-20)9-13(2)19(12)29-16-6-7-17(26)18(10-16)30(27,28)11-14-4-3-5-14/h6-10,14,26H,3-5,11H2,1-2H3,(H2,21,22,23,24,25). The molecule has 4 rings (SSSR count). The van der Waals surface area contributed by atoms with Crippen LogP contribution in [0.1, 0.15) is 30.4 Å². The fourth-order valence-corrected chi connectivity index (χ4v) is 5.33. The van der Waals surface area contributed by atoms with Gasteiger partial charge in [-0.1, -0.05) is 11.5 Å². The molecule has 10 heteroatoms. The van der Waals surface area contributed by atoms with Crippen molar-refractivity contribution in [2.45, 2.75) is 38.0 Å². The summed E-state index contributed by atoms with van der Waals surface area (Å²) in [6, 6.07) is 8.05. The van der Waals surface area contributed by atoms with Crippen LogP contribution < -0.4 is 10.1 Å². The van der Waals surface area contributed by atoms with E-state index in [0.29, 0.717) is 17.4 Å². The number of aromatic amines is 1. The number of anilines is 2. The predicted molar refractivity (Wildman–Crippen MR) is 111 cm³/mol. The maximum Gasteiger partial charge on any atom is 0.267 e. The monoisotopic (exact) mass is 429 g/mol. The average molecular weight is 430 g/mol. The first-order valence-electron chi connectivity index (χ1n) is 9.67. The van der Waals surface area contributed by atoms with E-state index in [1.54, 1.807) is 6.07 Å². The Morgan fingerprint density at radius 2 is 1.93 bits per heavy atom. The number of rotatable bonds is 7. The van der Waals surface area contributed by atoms with Crippen molar-refractivity contribution in [3.05, 3.63) is 41.5 Å². The first kappa shape index (κ1) is 20.1. The smallest absolute Gasteiger partial charge is 0.267 e. The molecule has 1 heterocycles. The lowest BCUT2D eigenvalue weighted by atomic mass is 9.87. The fourth-order valence-electron chi connectivity index (χ4n) is 3.51. The van der Waals surface area contributed by atoms with E-state index < -0.39 is 9.84 Å². The summed E-state index contributed by atoms with van der Waals surface area (Å²) in [7, 11) is -3.58. The average Bonchev–Trinajstić information content (AvgIpc) is 3.15. The van der Waals surface area contributed by atoms with Crippen molar-refractivity contribution in [2.75, 3.05) is 11.1 Å². The zero-order valence-corrected chi connectivity index (χ0v) is 17.5. The third-order valence-electron chi connectivity index (χ3n) is 5.23. The van der Waals surface area contributed by atoms with Gasteiger partial charge in [0.2, 0.25) is 0 Å². The van der Waals surface area contributed by atoms with Gasteiger partial charge < -0.3 is 15.2 Å². The number of aryl methyl sites for hydroxylation is 2. The largest absolute Gasteiger partial charge is 0.507 e. The van der Waals surface area contributed by atoms with Crippen molar-refractivity contribution < 1.29 is 18.3 Å². The second kappa shape index (κ2) is 7.94. The van der Waals surface area contributed by atoms with E-state index in [4.69, 9.17) is 4.74 Å². The molecular formula is C20H23N5O4S. The summed E-state index contributed by atoms with van der Waals surface area (Å²) in [5.74, 6) is 1.28. The Hall–Kier alpha value is -3.14. The molecule has 0 amide bonds. The third-order valence-corrected chi connectivity index (χ3v) is 7.14. The van der Waals surface area contributed by atoms with Gasteiger partial charge in [0.1, 0.15) is 22.1 Å². The Morgan fingerprint density at radius 1 is 1.20 bits per heavy atom. The Balaban J connectivity index is 1.58. The zero-order chi connectivity index (χ0) is 21.3. The van der Waals surface area contributed by atoms with Crippen LogP contribution in [0, 0.1) is 19.8 Å². The second-order valence-corrected chi connectivity index (χ2v) is 9.61. The van der Waals surface area contributed by atoms with Crippen LogP contribution >= 0.6 is 0 Å². The molecular weight excluding hydrogens is 406 g/mol. The molecule has 9 nitrogen and oxygen atoms in total. The number of H-pyrrole nitrogens is 1. The molecule has 1 fully saturated rings. The number of phenolic OH excluding ortho intramolecular Hbond substituents is 1. The number of phenols is 1. The van der Waals surface area contributed by atoms with Crippen molar-refractivity contribution in [2.24, 2.45) is 5.92 Å². The number of nitrogens with one attached hydrogen (secondary N) is 2. The lowest BCUT2D eigenvalue weighted by Crippen LogP contribution is -2.22. The van der Waals surface area contributed by atoms with E-state index in [-0.39, 0.29) is 22.3 Å². The van der Waals surface area contributed by atoms with E-state index in [1.165, 1.54) is 12.1 Å². The molecule has 0 radical (unpaired) electrons. The molecule has 0 atom stereocenters. The number of hydrogen-bond acceptors (Lipinski definition) is 8. The summed E-state index contributed by atoms with van der Waals surface area (Å²) in [6.07, 6.45) is 2.89. The molecule has 3 aromatic rings. The summed E-state index contributed by atoms with van der Waals surface area (Å²) >= 11 is 0. The summed E-state index contributed by atoms with van der Waals surface area (Å²) < 4.78 is 31.5. The summed E-state index contributed by atoms with van der Waals surface area (Å²) in [5.41, 5.74) is 2.45. The van der Waals surface area contributed by atoms with Gasteiger partial charge in [0.05, 0.1) is 5.75 Å². The number of hydrogen-bond donors (Lipinski definition) is 3. The molecule has 0 saturated heterocycles. The van der Waals surface area contributed by atoms with Gasteiger partial charge >= 0.3 is 0 Å². The van der Waals surface area contributed by atoms with Gasteiger partial charge in [-0.05, 0) is 73.2 Å². The summed E-state index contributed by atoms with van der Waals surface area (Å²) in [5, 5.41) is 26.8. The molecule has 0 spiro atoms. The quantitative estimate of drug-likeness (QED) is 0.519. The van der Waals surface area contributed by atoms with Crippen molar-refractivity contribution in [1.29, 1.82) is 0 Å². The van der Waals surface area contributed by atoms with Crippen LogP contribution in [-0.4, -0.2) is 39.9 Å². The first-order valence-corrected chi connectivity index (χ1v) is 11.3. The van der Waals surface area contributed by atoms with Crippen LogP contribution in [0.4, 0.5) is 11.6 Å². The number of benzene rings is 2. The minimum absolute atomic E-state index is 0.0541. The van der Waals surface area contributed by atoms with Crippen LogP contribution in [0.5, 0.6) is 17.2 Å². The lowest BCUT2D eigenvalue weighted by Gasteiger charge is -2.25. The Kier molecular flexibility index (Phi) is 5.33. The van der Waals surface area contributed by atoms with Crippen molar-refractivity contribution in [1.82, 2.24) is 20.6 Å². The van der Waals surface area contributed by atoms with Gasteiger partial charge in [-0.3, -0.25) is 0 Å². The number of aromatic hydroxyl groups is 1. The molecule has 0 bridgehead atoms. The van der Waals surface area contributed by atoms with E-state index in [0.717, 1.165) is 36.1 Å². The molecule has 3 N–H and O–H groups in total. The summed E-state index contributed by atoms with van der Waals surface area (Å²) in [6.45, 7) is 3.77. The molecule has 30 heavy (non-hydrogen) atoms. The summed E-state index contributed by atoms with van der Waals surface area (Å²) in [4.78, 5) is -0.0856. The SMILES string of the molecule is Cc1cc(Nc2nn[nH]n2)cc(C)c1Oc1ccc(O)c(S(=O)(=O)CC2CCC2)c1. The Labute approximate surface area is 174 Å².